The predicted octanol–water partition coefficient (Wildman–Crippen LogP) is 4.59. The van der Waals surface area contributed by atoms with Crippen LogP contribution < -0.4 is 5.32 Å². The highest BCUT2D eigenvalue weighted by Crippen LogP contribution is 2.31. The van der Waals surface area contributed by atoms with Crippen molar-refractivity contribution in [2.45, 2.75) is 45.1 Å². The Hall–Kier alpha value is -1.01. The van der Waals surface area contributed by atoms with Gasteiger partial charge in [0.25, 0.3) is 0 Å². The number of ether oxygens (including phenoxy) is 1. The number of carbonyl (C=O) groups is 1. The average Bonchev–Trinajstić information content (AvgIpc) is 2.80. The van der Waals surface area contributed by atoms with Gasteiger partial charge in [-0.15, -0.1) is 24.8 Å². The van der Waals surface area contributed by atoms with E-state index >= 15 is 0 Å². The van der Waals surface area contributed by atoms with Crippen molar-refractivity contribution in [3.63, 3.8) is 0 Å². The van der Waals surface area contributed by atoms with Crippen LogP contribution in [0.15, 0.2) is 30.3 Å². The molecule has 1 N–H and O–H groups in total. The van der Waals surface area contributed by atoms with Gasteiger partial charge in [-0.25, -0.2) is 4.79 Å². The van der Waals surface area contributed by atoms with Crippen LogP contribution in [0.1, 0.15) is 44.1 Å². The highest BCUT2D eigenvalue weighted by Gasteiger charge is 2.30. The molecule has 3 fully saturated rings. The normalized spacial score (nSPS) is 21.7. The third kappa shape index (κ3) is 7.81. The molecule has 0 atom stereocenters. The van der Waals surface area contributed by atoms with E-state index in [1.54, 1.807) is 0 Å². The first-order valence-electron chi connectivity index (χ1n) is 11.7. The maximum atomic E-state index is 12.3. The van der Waals surface area contributed by atoms with Crippen molar-refractivity contribution in [3.8, 4) is 0 Å². The number of piperidine rings is 3. The molecule has 3 heterocycles. The molecule has 3 saturated heterocycles. The molecule has 0 saturated carbocycles. The van der Waals surface area contributed by atoms with E-state index in [9.17, 15) is 4.79 Å². The predicted molar refractivity (Wildman–Crippen MR) is 130 cm³/mol. The molecule has 0 aromatic heterocycles. The molecule has 5 nitrogen and oxygen atoms in total. The van der Waals surface area contributed by atoms with Gasteiger partial charge in [0.15, 0.2) is 0 Å². The standard InChI is InChI=1S/C24H37N3O2.2ClH/c28-24(29-19-21-4-2-1-3-5-21)27-16-8-20(9-17-27)18-26-14-10-23(11-15-26)22-6-12-25-13-7-22;;/h1-5,20,22-23,25H,6-19H2;2*1H. The summed E-state index contributed by atoms with van der Waals surface area (Å²) in [6.07, 6.45) is 7.58. The summed E-state index contributed by atoms with van der Waals surface area (Å²) in [5.74, 6) is 2.64. The van der Waals surface area contributed by atoms with Crippen molar-refractivity contribution in [1.82, 2.24) is 15.1 Å². The summed E-state index contributed by atoms with van der Waals surface area (Å²) < 4.78 is 5.49. The molecule has 31 heavy (non-hydrogen) atoms. The van der Waals surface area contributed by atoms with Crippen molar-refractivity contribution in [2.24, 2.45) is 17.8 Å². The fourth-order valence-corrected chi connectivity index (χ4v) is 5.40. The van der Waals surface area contributed by atoms with Crippen molar-refractivity contribution >= 4 is 30.9 Å². The Kier molecular flexibility index (Phi) is 11.4. The van der Waals surface area contributed by atoms with Crippen molar-refractivity contribution in [1.29, 1.82) is 0 Å². The van der Waals surface area contributed by atoms with Crippen molar-refractivity contribution < 1.29 is 9.53 Å². The van der Waals surface area contributed by atoms with Crippen LogP contribution in [0.25, 0.3) is 0 Å². The van der Waals surface area contributed by atoms with E-state index in [1.807, 2.05) is 35.2 Å². The lowest BCUT2D eigenvalue weighted by molar-refractivity contribution is 0.0701. The first-order valence-corrected chi connectivity index (χ1v) is 11.7. The zero-order valence-corrected chi connectivity index (χ0v) is 20.2. The van der Waals surface area contributed by atoms with Crippen LogP contribution in [-0.4, -0.2) is 61.7 Å². The van der Waals surface area contributed by atoms with Crippen LogP contribution in [0.4, 0.5) is 4.79 Å². The van der Waals surface area contributed by atoms with E-state index < -0.39 is 0 Å². The van der Waals surface area contributed by atoms with Crippen LogP contribution in [-0.2, 0) is 11.3 Å². The molecule has 3 aliphatic heterocycles. The van der Waals surface area contributed by atoms with Gasteiger partial charge in [0, 0.05) is 19.6 Å². The number of nitrogens with one attached hydrogen (secondary N) is 1. The number of halogens is 2. The smallest absolute Gasteiger partial charge is 0.410 e. The molecule has 1 aromatic carbocycles. The molecule has 7 heteroatoms. The Morgan fingerprint density at radius 2 is 1.48 bits per heavy atom. The Morgan fingerprint density at radius 1 is 0.871 bits per heavy atom. The molecule has 0 spiro atoms. The second kappa shape index (κ2) is 13.5. The summed E-state index contributed by atoms with van der Waals surface area (Å²) in [6, 6.07) is 9.92. The van der Waals surface area contributed by atoms with E-state index in [-0.39, 0.29) is 30.9 Å². The third-order valence-corrected chi connectivity index (χ3v) is 7.28. The largest absolute Gasteiger partial charge is 0.445 e. The summed E-state index contributed by atoms with van der Waals surface area (Å²) >= 11 is 0. The minimum absolute atomic E-state index is 0. The second-order valence-electron chi connectivity index (χ2n) is 9.20. The van der Waals surface area contributed by atoms with E-state index in [1.165, 1.54) is 58.4 Å². The highest BCUT2D eigenvalue weighted by molar-refractivity contribution is 5.85. The van der Waals surface area contributed by atoms with Crippen LogP contribution in [0.3, 0.4) is 0 Å². The number of carbonyl (C=O) groups excluding carboxylic acids is 1. The monoisotopic (exact) mass is 471 g/mol. The van der Waals surface area contributed by atoms with E-state index in [4.69, 9.17) is 4.74 Å². The molecular formula is C24H39Cl2N3O2. The minimum Gasteiger partial charge on any atom is -0.445 e. The van der Waals surface area contributed by atoms with E-state index in [0.29, 0.717) is 6.61 Å². The van der Waals surface area contributed by atoms with Crippen LogP contribution in [0.5, 0.6) is 0 Å². The van der Waals surface area contributed by atoms with Gasteiger partial charge in [-0.1, -0.05) is 30.3 Å². The third-order valence-electron chi connectivity index (χ3n) is 7.28. The summed E-state index contributed by atoms with van der Waals surface area (Å²) in [7, 11) is 0. The van der Waals surface area contributed by atoms with Crippen molar-refractivity contribution in [3.05, 3.63) is 35.9 Å². The van der Waals surface area contributed by atoms with Crippen LogP contribution in [0, 0.1) is 17.8 Å². The van der Waals surface area contributed by atoms with Gasteiger partial charge in [-0.2, -0.15) is 0 Å². The topological polar surface area (TPSA) is 44.8 Å². The second-order valence-corrected chi connectivity index (χ2v) is 9.20. The molecule has 0 unspecified atom stereocenters. The van der Waals surface area contributed by atoms with Gasteiger partial charge in [-0.3, -0.25) is 0 Å². The molecule has 4 rings (SSSR count). The molecule has 0 aliphatic carbocycles. The summed E-state index contributed by atoms with van der Waals surface area (Å²) in [5, 5.41) is 3.50. The fraction of sp³-hybridized carbons (Fsp3) is 0.708. The average molecular weight is 473 g/mol. The number of likely N-dealkylation sites (tertiary alicyclic amines) is 2. The van der Waals surface area contributed by atoms with Crippen LogP contribution >= 0.6 is 24.8 Å². The Bertz CT molecular complexity index is 627. The number of hydrogen-bond donors (Lipinski definition) is 1. The number of nitrogens with zero attached hydrogens (tertiary/aromatic N) is 2. The van der Waals surface area contributed by atoms with Gasteiger partial charge in [0.2, 0.25) is 0 Å². The van der Waals surface area contributed by atoms with Gasteiger partial charge in [0.1, 0.15) is 6.61 Å². The summed E-state index contributed by atoms with van der Waals surface area (Å²) in [4.78, 5) is 16.9. The molecule has 1 amide bonds. The zero-order valence-electron chi connectivity index (χ0n) is 18.5. The first-order chi connectivity index (χ1) is 14.3. The maximum absolute atomic E-state index is 12.3. The summed E-state index contributed by atoms with van der Waals surface area (Å²) in [6.45, 7) is 8.24. The quantitative estimate of drug-likeness (QED) is 0.681. The summed E-state index contributed by atoms with van der Waals surface area (Å²) in [5.41, 5.74) is 1.05. The lowest BCUT2D eigenvalue weighted by Crippen LogP contribution is -2.44. The van der Waals surface area contributed by atoms with Gasteiger partial charge < -0.3 is 19.9 Å². The Balaban J connectivity index is 0.00000171. The first kappa shape index (κ1) is 26.2. The molecule has 0 radical (unpaired) electrons. The molecule has 1 aromatic rings. The molecule has 0 bridgehead atoms. The highest BCUT2D eigenvalue weighted by atomic mass is 35.5. The van der Waals surface area contributed by atoms with E-state index in [2.05, 4.69) is 10.2 Å². The number of rotatable bonds is 5. The fourth-order valence-electron chi connectivity index (χ4n) is 5.40. The van der Waals surface area contributed by atoms with Gasteiger partial charge in [0.05, 0.1) is 0 Å². The molecule has 176 valence electrons. The lowest BCUT2D eigenvalue weighted by Gasteiger charge is -2.40. The van der Waals surface area contributed by atoms with Crippen molar-refractivity contribution in [2.75, 3.05) is 45.8 Å². The minimum atomic E-state index is -0.157. The molecule has 3 aliphatic rings. The van der Waals surface area contributed by atoms with Gasteiger partial charge in [-0.05, 0) is 88.0 Å². The van der Waals surface area contributed by atoms with Crippen LogP contribution in [0.2, 0.25) is 0 Å². The number of benzene rings is 1. The number of hydrogen-bond acceptors (Lipinski definition) is 4. The number of amides is 1. The maximum Gasteiger partial charge on any atom is 0.410 e. The lowest BCUT2D eigenvalue weighted by atomic mass is 9.79. The zero-order chi connectivity index (χ0) is 19.9. The Labute approximate surface area is 200 Å². The Morgan fingerprint density at radius 3 is 2.13 bits per heavy atom. The SMILES string of the molecule is Cl.Cl.O=C(OCc1ccccc1)N1CCC(CN2CCC(C3CCNCC3)CC2)CC1. The van der Waals surface area contributed by atoms with E-state index in [0.717, 1.165) is 49.2 Å². The molecular weight excluding hydrogens is 433 g/mol. The van der Waals surface area contributed by atoms with Gasteiger partial charge >= 0.3 is 6.09 Å².